The Labute approximate surface area is 228 Å². The van der Waals surface area contributed by atoms with Crippen LogP contribution in [0.3, 0.4) is 0 Å². The highest BCUT2D eigenvalue weighted by Crippen LogP contribution is 2.47. The monoisotopic (exact) mass is 542 g/mol. The highest BCUT2D eigenvalue weighted by Gasteiger charge is 2.38. The van der Waals surface area contributed by atoms with E-state index in [0.717, 1.165) is 52.0 Å². The minimum absolute atomic E-state index is 0.263. The van der Waals surface area contributed by atoms with Crippen LogP contribution >= 0.6 is 11.6 Å². The van der Waals surface area contributed by atoms with Crippen LogP contribution in [-0.4, -0.2) is 50.7 Å². The summed E-state index contributed by atoms with van der Waals surface area (Å²) in [7, 11) is 3.56. The molecule has 5 aromatic rings. The molecule has 198 valence electrons. The van der Waals surface area contributed by atoms with E-state index in [9.17, 15) is 14.7 Å². The molecule has 10 heteroatoms. The number of nitrogens with zero attached hydrogens (tertiary/aromatic N) is 4. The van der Waals surface area contributed by atoms with Gasteiger partial charge in [0, 0.05) is 67.3 Å². The number of halogens is 1. The highest BCUT2D eigenvalue weighted by atomic mass is 35.5. The summed E-state index contributed by atoms with van der Waals surface area (Å²) < 4.78 is 1.58. The van der Waals surface area contributed by atoms with Crippen LogP contribution in [0.1, 0.15) is 29.6 Å². The van der Waals surface area contributed by atoms with Crippen LogP contribution in [0.15, 0.2) is 41.6 Å². The average Bonchev–Trinajstić information content (AvgIpc) is 3.63. The number of aromatic nitrogens is 4. The van der Waals surface area contributed by atoms with Gasteiger partial charge in [0.1, 0.15) is 16.9 Å². The minimum atomic E-state index is -1.26. The summed E-state index contributed by atoms with van der Waals surface area (Å²) in [5, 5.41) is 15.7. The number of hydrogen-bond donors (Lipinski definition) is 3. The number of aryl methyl sites for hydroxylation is 1. The molecule has 0 bridgehead atoms. The lowest BCUT2D eigenvalue weighted by atomic mass is 10.0. The zero-order valence-electron chi connectivity index (χ0n) is 21.6. The lowest BCUT2D eigenvalue weighted by Crippen LogP contribution is -2.22. The first-order valence-electron chi connectivity index (χ1n) is 13.1. The molecule has 0 amide bonds. The van der Waals surface area contributed by atoms with Crippen LogP contribution in [0.25, 0.3) is 44.1 Å². The van der Waals surface area contributed by atoms with Crippen molar-refractivity contribution in [1.29, 1.82) is 0 Å². The topological polar surface area (TPSA) is 116 Å². The van der Waals surface area contributed by atoms with E-state index in [4.69, 9.17) is 16.6 Å². The second-order valence-electron chi connectivity index (χ2n) is 10.7. The summed E-state index contributed by atoms with van der Waals surface area (Å²) in [5.41, 5.74) is 4.79. The fraction of sp³-hybridized carbons (Fsp3) is 0.310. The lowest BCUT2D eigenvalue weighted by Gasteiger charge is -2.24. The number of carbonyl (C=O) groups is 1. The molecule has 1 saturated carbocycles. The Morgan fingerprint density at radius 1 is 1.13 bits per heavy atom. The number of hydrogen-bond acceptors (Lipinski definition) is 6. The van der Waals surface area contributed by atoms with E-state index in [0.29, 0.717) is 28.1 Å². The van der Waals surface area contributed by atoms with Gasteiger partial charge in [-0.05, 0) is 42.9 Å². The summed E-state index contributed by atoms with van der Waals surface area (Å²) in [6.07, 6.45) is 8.64. The first-order chi connectivity index (χ1) is 18.8. The number of aromatic amines is 1. The molecule has 1 aromatic carbocycles. The van der Waals surface area contributed by atoms with Gasteiger partial charge in [-0.15, -0.1) is 0 Å². The fourth-order valence-electron chi connectivity index (χ4n) is 6.73. The SMILES string of the molecule is CNc1cc(Cl)cc2c1[nH]c1ncc(-c3cnc4c(c3)c(=O)c(C(=O)O)cn4C)c(N3C[C@H]4CCC[C@H]4C3)c12. The van der Waals surface area contributed by atoms with Crippen LogP contribution < -0.4 is 15.6 Å². The second-order valence-corrected chi connectivity index (χ2v) is 11.2. The molecule has 2 atom stereocenters. The van der Waals surface area contributed by atoms with Gasteiger partial charge in [0.15, 0.2) is 0 Å². The molecule has 9 nitrogen and oxygen atoms in total. The maximum atomic E-state index is 13.1. The van der Waals surface area contributed by atoms with Crippen molar-refractivity contribution in [3.05, 3.63) is 57.6 Å². The van der Waals surface area contributed by atoms with Crippen molar-refractivity contribution in [2.45, 2.75) is 19.3 Å². The number of benzene rings is 1. The number of pyridine rings is 3. The molecule has 5 heterocycles. The normalized spacial score (nSPS) is 18.9. The van der Waals surface area contributed by atoms with Gasteiger partial charge in [-0.25, -0.2) is 14.8 Å². The molecule has 0 spiro atoms. The van der Waals surface area contributed by atoms with Gasteiger partial charge >= 0.3 is 5.97 Å². The van der Waals surface area contributed by atoms with Crippen LogP contribution in [-0.2, 0) is 7.05 Å². The number of anilines is 2. The quantitative estimate of drug-likeness (QED) is 0.283. The Bertz CT molecular complexity index is 1880. The number of carboxylic acids is 1. The molecule has 0 radical (unpaired) electrons. The number of fused-ring (bicyclic) bond motifs is 5. The Kier molecular flexibility index (Phi) is 5.35. The Morgan fingerprint density at radius 3 is 2.62 bits per heavy atom. The zero-order valence-corrected chi connectivity index (χ0v) is 22.3. The summed E-state index contributed by atoms with van der Waals surface area (Å²) in [4.78, 5) is 40.3. The molecule has 1 aliphatic heterocycles. The number of rotatable bonds is 4. The molecule has 39 heavy (non-hydrogen) atoms. The molecule has 4 aromatic heterocycles. The van der Waals surface area contributed by atoms with Crippen molar-refractivity contribution >= 4 is 61.9 Å². The van der Waals surface area contributed by atoms with E-state index in [1.807, 2.05) is 25.4 Å². The molecular weight excluding hydrogens is 516 g/mol. The lowest BCUT2D eigenvalue weighted by molar-refractivity contribution is 0.0695. The van der Waals surface area contributed by atoms with Crippen molar-refractivity contribution in [1.82, 2.24) is 19.5 Å². The van der Waals surface area contributed by atoms with Gasteiger partial charge in [-0.2, -0.15) is 0 Å². The third-order valence-corrected chi connectivity index (χ3v) is 8.75. The van der Waals surface area contributed by atoms with Crippen molar-refractivity contribution in [2.24, 2.45) is 18.9 Å². The third-order valence-electron chi connectivity index (χ3n) is 8.53. The largest absolute Gasteiger partial charge is 0.477 e. The summed E-state index contributed by atoms with van der Waals surface area (Å²) in [6, 6.07) is 5.61. The number of carboxylic acid groups (broad SMARTS) is 1. The third kappa shape index (κ3) is 3.60. The van der Waals surface area contributed by atoms with Crippen molar-refractivity contribution in [3.8, 4) is 11.1 Å². The molecule has 1 aliphatic carbocycles. The maximum absolute atomic E-state index is 13.1. The van der Waals surface area contributed by atoms with Crippen LogP contribution in [0.5, 0.6) is 0 Å². The fourth-order valence-corrected chi connectivity index (χ4v) is 6.95. The van der Waals surface area contributed by atoms with Gasteiger partial charge in [0.05, 0.1) is 27.7 Å². The standard InChI is InChI=1S/C29H27ClN6O3/c1-31-22-8-17(30)7-18-23-25(36-11-14-4-3-5-15(14)12-36)20(10-32-27(23)34-24(18)22)16-6-19-26(37)21(29(38)39)13-35(2)28(19)33-9-16/h6-10,13-15,31H,3-5,11-12H2,1-2H3,(H,32,34)(H,38,39)/t14-,15+. The van der Waals surface area contributed by atoms with Gasteiger partial charge in [-0.1, -0.05) is 18.0 Å². The average molecular weight is 543 g/mol. The van der Waals surface area contributed by atoms with Gasteiger partial charge in [-0.3, -0.25) is 4.79 Å². The van der Waals surface area contributed by atoms with E-state index in [1.165, 1.54) is 25.5 Å². The smallest absolute Gasteiger partial charge is 0.341 e. The zero-order chi connectivity index (χ0) is 27.0. The van der Waals surface area contributed by atoms with Gasteiger partial charge in [0.25, 0.3) is 0 Å². The number of nitrogens with one attached hydrogen (secondary N) is 2. The van der Waals surface area contributed by atoms with E-state index >= 15 is 0 Å². The number of H-pyrrole nitrogens is 1. The van der Waals surface area contributed by atoms with Crippen LogP contribution in [0, 0.1) is 11.8 Å². The minimum Gasteiger partial charge on any atom is -0.477 e. The summed E-state index contributed by atoms with van der Waals surface area (Å²) >= 11 is 6.56. The molecule has 1 saturated heterocycles. The first-order valence-corrected chi connectivity index (χ1v) is 13.5. The molecule has 7 rings (SSSR count). The summed E-state index contributed by atoms with van der Waals surface area (Å²) in [6.45, 7) is 1.91. The Morgan fingerprint density at radius 2 is 1.90 bits per heavy atom. The van der Waals surface area contributed by atoms with Crippen molar-refractivity contribution in [3.63, 3.8) is 0 Å². The molecular formula is C29H27ClN6O3. The molecule has 3 N–H and O–H groups in total. The van der Waals surface area contributed by atoms with E-state index < -0.39 is 11.4 Å². The predicted octanol–water partition coefficient (Wildman–Crippen LogP) is 5.26. The van der Waals surface area contributed by atoms with Gasteiger partial charge < -0.3 is 24.9 Å². The first kappa shape index (κ1) is 24.0. The number of aromatic carboxylic acids is 1. The van der Waals surface area contributed by atoms with Crippen molar-refractivity contribution in [2.75, 3.05) is 30.4 Å². The maximum Gasteiger partial charge on any atom is 0.341 e. The van der Waals surface area contributed by atoms with E-state index in [-0.39, 0.29) is 10.9 Å². The molecule has 2 fully saturated rings. The second kappa shape index (κ2) is 8.71. The van der Waals surface area contributed by atoms with E-state index in [2.05, 4.69) is 20.2 Å². The van der Waals surface area contributed by atoms with Gasteiger partial charge in [0.2, 0.25) is 5.43 Å². The van der Waals surface area contributed by atoms with E-state index in [1.54, 1.807) is 23.9 Å². The van der Waals surface area contributed by atoms with Crippen LogP contribution in [0.2, 0.25) is 5.02 Å². The molecule has 0 unspecified atom stereocenters. The Balaban J connectivity index is 1.53. The molecule has 2 aliphatic rings. The predicted molar refractivity (Wildman–Crippen MR) is 154 cm³/mol. The summed E-state index contributed by atoms with van der Waals surface area (Å²) in [5.74, 6) is 0.0528. The Hall–Kier alpha value is -4.11. The van der Waals surface area contributed by atoms with Crippen LogP contribution in [0.4, 0.5) is 11.4 Å². The highest BCUT2D eigenvalue weighted by molar-refractivity contribution is 6.33. The van der Waals surface area contributed by atoms with Crippen molar-refractivity contribution < 1.29 is 9.90 Å².